The number of nitrogens with zero attached hydrogens (tertiary/aromatic N) is 1. The smallest absolute Gasteiger partial charge is 0.300 e. The molecule has 0 aliphatic rings. The Morgan fingerprint density at radius 3 is 2.67 bits per heavy atom. The van der Waals surface area contributed by atoms with Crippen LogP contribution >= 0.6 is 11.6 Å². The van der Waals surface area contributed by atoms with E-state index in [1.54, 1.807) is 6.92 Å². The first kappa shape index (κ1) is 14.8. The van der Waals surface area contributed by atoms with Crippen LogP contribution in [0.4, 0.5) is 11.4 Å². The van der Waals surface area contributed by atoms with Crippen molar-refractivity contribution in [3.05, 3.63) is 62.7 Å². The first-order chi connectivity index (χ1) is 9.90. The first-order valence-corrected chi connectivity index (χ1v) is 6.32. The molecule has 1 amide bonds. The number of anilines is 1. The van der Waals surface area contributed by atoms with Gasteiger partial charge in [-0.25, -0.2) is 0 Å². The second kappa shape index (κ2) is 5.80. The van der Waals surface area contributed by atoms with E-state index < -0.39 is 16.5 Å². The fraction of sp³-hybridized carbons (Fsp3) is 0.0714. The average Bonchev–Trinajstić information content (AvgIpc) is 2.41. The van der Waals surface area contributed by atoms with Crippen molar-refractivity contribution in [3.63, 3.8) is 0 Å². The molecular formula is C14H11ClN2O4. The Morgan fingerprint density at radius 1 is 1.33 bits per heavy atom. The van der Waals surface area contributed by atoms with Crippen LogP contribution in [0.3, 0.4) is 0 Å². The van der Waals surface area contributed by atoms with E-state index in [1.807, 2.05) is 0 Å². The van der Waals surface area contributed by atoms with E-state index in [2.05, 4.69) is 5.32 Å². The van der Waals surface area contributed by atoms with E-state index in [0.29, 0.717) is 11.3 Å². The Bertz CT molecular complexity index is 731. The van der Waals surface area contributed by atoms with Gasteiger partial charge in [0.25, 0.3) is 5.91 Å². The highest BCUT2D eigenvalue weighted by Crippen LogP contribution is 2.29. The number of aryl methyl sites for hydroxylation is 1. The highest BCUT2D eigenvalue weighted by molar-refractivity contribution is 6.33. The Labute approximate surface area is 125 Å². The van der Waals surface area contributed by atoms with Gasteiger partial charge in [-0.05, 0) is 42.8 Å². The second-order valence-corrected chi connectivity index (χ2v) is 4.75. The zero-order valence-electron chi connectivity index (χ0n) is 11.0. The minimum absolute atomic E-state index is 0.0687. The number of carbonyl (C=O) groups excluding carboxylic acids is 1. The molecule has 7 heteroatoms. The highest BCUT2D eigenvalue weighted by atomic mass is 35.5. The van der Waals surface area contributed by atoms with Crippen molar-refractivity contribution in [1.82, 2.24) is 0 Å². The summed E-state index contributed by atoms with van der Waals surface area (Å²) < 4.78 is 0. The Balaban J connectivity index is 2.37. The molecule has 6 nitrogen and oxygen atoms in total. The molecule has 0 bridgehead atoms. The van der Waals surface area contributed by atoms with Crippen molar-refractivity contribution >= 4 is 28.9 Å². The predicted octanol–water partition coefficient (Wildman–Crippen LogP) is 3.51. The van der Waals surface area contributed by atoms with Crippen LogP contribution in [0, 0.1) is 17.0 Å². The minimum atomic E-state index is -0.694. The summed E-state index contributed by atoms with van der Waals surface area (Å²) in [6.07, 6.45) is 0. The summed E-state index contributed by atoms with van der Waals surface area (Å²) in [7, 11) is 0. The van der Waals surface area contributed by atoms with Crippen LogP contribution in [-0.2, 0) is 0 Å². The minimum Gasteiger partial charge on any atom is -0.508 e. The summed E-state index contributed by atoms with van der Waals surface area (Å²) in [6.45, 7) is 1.70. The van der Waals surface area contributed by atoms with Gasteiger partial charge in [0.15, 0.2) is 0 Å². The number of halogens is 1. The molecule has 2 aromatic rings. The van der Waals surface area contributed by atoms with Crippen LogP contribution in [0.5, 0.6) is 5.75 Å². The predicted molar refractivity (Wildman–Crippen MR) is 78.9 cm³/mol. The fourth-order valence-electron chi connectivity index (χ4n) is 1.86. The summed E-state index contributed by atoms with van der Waals surface area (Å²) >= 11 is 5.77. The van der Waals surface area contributed by atoms with Crippen LogP contribution in [-0.4, -0.2) is 15.9 Å². The molecule has 21 heavy (non-hydrogen) atoms. The lowest BCUT2D eigenvalue weighted by atomic mass is 10.1. The first-order valence-electron chi connectivity index (χ1n) is 5.94. The van der Waals surface area contributed by atoms with Gasteiger partial charge in [-0.1, -0.05) is 17.7 Å². The number of nitro benzene ring substituents is 1. The number of aromatic hydroxyl groups is 1. The van der Waals surface area contributed by atoms with Crippen LogP contribution < -0.4 is 5.32 Å². The number of carbonyl (C=O) groups is 1. The molecule has 0 aliphatic heterocycles. The van der Waals surface area contributed by atoms with Crippen LogP contribution in [0.15, 0.2) is 36.4 Å². The quantitative estimate of drug-likeness (QED) is 0.515. The van der Waals surface area contributed by atoms with Gasteiger partial charge in [-0.3, -0.25) is 14.9 Å². The van der Waals surface area contributed by atoms with Crippen molar-refractivity contribution in [2.24, 2.45) is 0 Å². The van der Waals surface area contributed by atoms with Crippen LogP contribution in [0.1, 0.15) is 15.9 Å². The molecule has 0 spiro atoms. The van der Waals surface area contributed by atoms with E-state index in [0.717, 1.165) is 0 Å². The number of nitrogens with one attached hydrogen (secondary N) is 1. The second-order valence-electron chi connectivity index (χ2n) is 4.35. The third-order valence-corrected chi connectivity index (χ3v) is 3.18. The van der Waals surface area contributed by atoms with Crippen molar-refractivity contribution in [2.75, 3.05) is 5.32 Å². The van der Waals surface area contributed by atoms with E-state index >= 15 is 0 Å². The van der Waals surface area contributed by atoms with Gasteiger partial charge in [0, 0.05) is 5.69 Å². The Morgan fingerprint density at radius 2 is 2.05 bits per heavy atom. The number of amides is 1. The maximum atomic E-state index is 12.2. The van der Waals surface area contributed by atoms with Crippen LogP contribution in [0.25, 0.3) is 0 Å². The molecule has 0 fully saturated rings. The lowest BCUT2D eigenvalue weighted by Crippen LogP contribution is -2.14. The zero-order valence-corrected chi connectivity index (χ0v) is 11.7. The van der Waals surface area contributed by atoms with Gasteiger partial charge in [-0.15, -0.1) is 0 Å². The molecule has 108 valence electrons. The van der Waals surface area contributed by atoms with Crippen molar-refractivity contribution < 1.29 is 14.8 Å². The standard InChI is InChI=1S/C14H11ClN2O4/c1-8-7-9(18)5-6-12(8)16-14(19)10-3-2-4-11(15)13(10)17(20)21/h2-7,18H,1H3,(H,16,19). The molecule has 2 rings (SSSR count). The molecule has 0 aromatic heterocycles. The van der Waals surface area contributed by atoms with E-state index in [4.69, 9.17) is 11.6 Å². The number of hydrogen-bond donors (Lipinski definition) is 2. The van der Waals surface area contributed by atoms with Crippen LogP contribution in [0.2, 0.25) is 5.02 Å². The molecule has 0 radical (unpaired) electrons. The van der Waals surface area contributed by atoms with Gasteiger partial charge < -0.3 is 10.4 Å². The lowest BCUT2D eigenvalue weighted by Gasteiger charge is -2.09. The van der Waals surface area contributed by atoms with Crippen molar-refractivity contribution in [2.45, 2.75) is 6.92 Å². The van der Waals surface area contributed by atoms with Gasteiger partial charge >= 0.3 is 5.69 Å². The van der Waals surface area contributed by atoms with Gasteiger partial charge in [0.1, 0.15) is 16.3 Å². The summed E-state index contributed by atoms with van der Waals surface area (Å²) in [4.78, 5) is 22.5. The number of para-hydroxylation sites is 1. The highest BCUT2D eigenvalue weighted by Gasteiger charge is 2.23. The molecule has 0 aliphatic carbocycles. The van der Waals surface area contributed by atoms with E-state index in [1.165, 1.54) is 36.4 Å². The topological polar surface area (TPSA) is 92.5 Å². The maximum absolute atomic E-state index is 12.2. The monoisotopic (exact) mass is 306 g/mol. The van der Waals surface area contributed by atoms with Gasteiger partial charge in [0.05, 0.1) is 4.92 Å². The summed E-state index contributed by atoms with van der Waals surface area (Å²) in [5.74, 6) is -0.572. The van der Waals surface area contributed by atoms with E-state index in [-0.39, 0.29) is 16.3 Å². The van der Waals surface area contributed by atoms with Gasteiger partial charge in [0.2, 0.25) is 0 Å². The lowest BCUT2D eigenvalue weighted by molar-refractivity contribution is -0.385. The largest absolute Gasteiger partial charge is 0.508 e. The molecule has 0 saturated carbocycles. The molecule has 0 saturated heterocycles. The summed E-state index contributed by atoms with van der Waals surface area (Å²) in [6, 6.07) is 8.54. The maximum Gasteiger partial charge on any atom is 0.300 e. The zero-order chi connectivity index (χ0) is 15.6. The molecule has 0 atom stereocenters. The number of phenols is 1. The molecule has 2 aromatic carbocycles. The molecule has 2 N–H and O–H groups in total. The average molecular weight is 307 g/mol. The molecule has 0 heterocycles. The van der Waals surface area contributed by atoms with E-state index in [9.17, 15) is 20.0 Å². The number of rotatable bonds is 3. The number of hydrogen-bond acceptors (Lipinski definition) is 4. The number of nitro groups is 1. The van der Waals surface area contributed by atoms with Crippen molar-refractivity contribution in [1.29, 1.82) is 0 Å². The molecular weight excluding hydrogens is 296 g/mol. The number of phenolic OH excluding ortho intramolecular Hbond substituents is 1. The van der Waals surface area contributed by atoms with Gasteiger partial charge in [-0.2, -0.15) is 0 Å². The third-order valence-electron chi connectivity index (χ3n) is 2.87. The Hall–Kier alpha value is -2.60. The normalized spacial score (nSPS) is 10.2. The number of benzene rings is 2. The summed E-state index contributed by atoms with van der Waals surface area (Å²) in [5.41, 5.74) is 0.521. The third kappa shape index (κ3) is 3.11. The van der Waals surface area contributed by atoms with Crippen molar-refractivity contribution in [3.8, 4) is 5.75 Å². The fourth-order valence-corrected chi connectivity index (χ4v) is 2.11. The summed E-state index contributed by atoms with van der Waals surface area (Å²) in [5, 5.41) is 22.8. The molecule has 0 unspecified atom stereocenters. The Kier molecular flexibility index (Phi) is 4.09. The SMILES string of the molecule is Cc1cc(O)ccc1NC(=O)c1cccc(Cl)c1[N+](=O)[O-].